The maximum atomic E-state index is 11.4. The van der Waals surface area contributed by atoms with E-state index < -0.39 is 11.9 Å². The van der Waals surface area contributed by atoms with Crippen LogP contribution in [-0.2, 0) is 0 Å². The Hall–Kier alpha value is -3.02. The summed E-state index contributed by atoms with van der Waals surface area (Å²) < 4.78 is 0. The molecule has 6 N–H and O–H groups in total. The summed E-state index contributed by atoms with van der Waals surface area (Å²) >= 11 is 0. The summed E-state index contributed by atoms with van der Waals surface area (Å²) in [6.45, 7) is 2.06. The van der Waals surface area contributed by atoms with Crippen molar-refractivity contribution in [2.45, 2.75) is 32.1 Å². The summed E-state index contributed by atoms with van der Waals surface area (Å²) in [6.07, 6.45) is 2.66. The topological polar surface area (TPSA) is 127 Å². The second-order valence-corrected chi connectivity index (χ2v) is 6.00. The smallest absolute Gasteiger partial charge is 0.337 e. The van der Waals surface area contributed by atoms with Crippen molar-refractivity contribution in [3.63, 3.8) is 0 Å². The maximum absolute atomic E-state index is 11.4. The summed E-state index contributed by atoms with van der Waals surface area (Å²) in [5, 5.41) is 18.6. The first-order valence-corrected chi connectivity index (χ1v) is 8.10. The van der Waals surface area contributed by atoms with Crippen molar-refractivity contribution in [3.05, 3.63) is 58.7 Å². The number of carboxylic acids is 2. The molecule has 25 heavy (non-hydrogen) atoms. The van der Waals surface area contributed by atoms with Crippen LogP contribution in [-0.4, -0.2) is 22.2 Å². The average Bonchev–Trinajstić information content (AvgIpc) is 2.57. The van der Waals surface area contributed by atoms with Crippen molar-refractivity contribution < 1.29 is 19.8 Å². The molecule has 0 aliphatic carbocycles. The predicted molar refractivity (Wildman–Crippen MR) is 97.0 cm³/mol. The third-order valence-corrected chi connectivity index (χ3v) is 4.27. The van der Waals surface area contributed by atoms with Gasteiger partial charge in [0.25, 0.3) is 0 Å². The van der Waals surface area contributed by atoms with Gasteiger partial charge in [0.1, 0.15) is 0 Å². The third-order valence-electron chi connectivity index (χ3n) is 4.27. The Morgan fingerprint density at radius 2 is 1.36 bits per heavy atom. The lowest BCUT2D eigenvalue weighted by molar-refractivity contribution is 0.0687. The molecule has 0 unspecified atom stereocenters. The highest BCUT2D eigenvalue weighted by Gasteiger charge is 2.19. The van der Waals surface area contributed by atoms with E-state index in [4.69, 9.17) is 11.5 Å². The van der Waals surface area contributed by atoms with Crippen LogP contribution in [0.5, 0.6) is 0 Å². The lowest BCUT2D eigenvalue weighted by Crippen LogP contribution is -2.09. The molecule has 0 atom stereocenters. The Balaban J connectivity index is 2.53. The summed E-state index contributed by atoms with van der Waals surface area (Å²) in [5.41, 5.74) is 13.6. The number of nitrogen functional groups attached to an aromatic ring is 2. The molecule has 0 fully saturated rings. The number of carbonyl (C=O) groups is 2. The SMILES string of the molecule is CCCCC(c1ccc(N)c(C(=O)O)c1)c1ccc(N)c(C(=O)O)c1. The summed E-state index contributed by atoms with van der Waals surface area (Å²) in [6, 6.07) is 9.86. The fourth-order valence-corrected chi connectivity index (χ4v) is 2.89. The average molecular weight is 342 g/mol. The third kappa shape index (κ3) is 4.09. The number of rotatable bonds is 7. The number of aromatic carboxylic acids is 2. The van der Waals surface area contributed by atoms with Crippen LogP contribution in [0.2, 0.25) is 0 Å². The second kappa shape index (κ2) is 7.70. The molecule has 2 aromatic carbocycles. The van der Waals surface area contributed by atoms with Gasteiger partial charge in [-0.25, -0.2) is 9.59 Å². The van der Waals surface area contributed by atoms with Gasteiger partial charge in [0.05, 0.1) is 11.1 Å². The molecule has 0 aliphatic heterocycles. The molecular weight excluding hydrogens is 320 g/mol. The van der Waals surface area contributed by atoms with Gasteiger partial charge in [-0.05, 0) is 41.8 Å². The van der Waals surface area contributed by atoms with Gasteiger partial charge in [-0.3, -0.25) is 0 Å². The Kier molecular flexibility index (Phi) is 5.64. The van der Waals surface area contributed by atoms with Crippen LogP contribution in [0.25, 0.3) is 0 Å². The zero-order valence-electron chi connectivity index (χ0n) is 14.0. The number of hydrogen-bond donors (Lipinski definition) is 4. The van der Waals surface area contributed by atoms with Gasteiger partial charge in [0.15, 0.2) is 0 Å². The minimum Gasteiger partial charge on any atom is -0.478 e. The molecule has 0 bridgehead atoms. The summed E-state index contributed by atoms with van der Waals surface area (Å²) in [4.78, 5) is 22.7. The Labute approximate surface area is 146 Å². The largest absolute Gasteiger partial charge is 0.478 e. The summed E-state index contributed by atoms with van der Waals surface area (Å²) in [7, 11) is 0. The summed E-state index contributed by atoms with van der Waals surface area (Å²) in [5.74, 6) is -2.30. The Morgan fingerprint density at radius 1 is 0.920 bits per heavy atom. The molecule has 0 radical (unpaired) electrons. The molecule has 0 saturated carbocycles. The van der Waals surface area contributed by atoms with E-state index in [0.29, 0.717) is 0 Å². The van der Waals surface area contributed by atoms with Gasteiger partial charge >= 0.3 is 11.9 Å². The van der Waals surface area contributed by atoms with Crippen LogP contribution in [0, 0.1) is 0 Å². The number of carboxylic acid groups (broad SMARTS) is 2. The standard InChI is InChI=1S/C19H22N2O4/c1-2-3-4-13(11-5-7-16(20)14(9-11)18(22)23)12-6-8-17(21)15(10-12)19(24)25/h5-10,13H,2-4,20-21H2,1H3,(H,22,23)(H,24,25). The van der Waals surface area contributed by atoms with Gasteiger partial charge in [0, 0.05) is 17.3 Å². The molecule has 2 rings (SSSR count). The van der Waals surface area contributed by atoms with E-state index in [0.717, 1.165) is 30.4 Å². The predicted octanol–water partition coefficient (Wildman–Crippen LogP) is 3.57. The number of nitrogens with two attached hydrogens (primary N) is 2. The molecular formula is C19H22N2O4. The minimum atomic E-state index is -1.09. The van der Waals surface area contributed by atoms with Gasteiger partial charge in [-0.15, -0.1) is 0 Å². The van der Waals surface area contributed by atoms with Crippen LogP contribution in [0.15, 0.2) is 36.4 Å². The Bertz CT molecular complexity index is 739. The van der Waals surface area contributed by atoms with Crippen LogP contribution in [0.1, 0.15) is 63.9 Å². The van der Waals surface area contributed by atoms with Crippen LogP contribution in [0.4, 0.5) is 11.4 Å². The molecule has 0 amide bonds. The highest BCUT2D eigenvalue weighted by molar-refractivity contribution is 5.94. The number of hydrogen-bond acceptors (Lipinski definition) is 4. The minimum absolute atomic E-state index is 0.0490. The number of unbranched alkanes of at least 4 members (excludes halogenated alkanes) is 1. The first kappa shape index (κ1) is 18.3. The molecule has 2 aromatic rings. The van der Waals surface area contributed by atoms with E-state index in [2.05, 4.69) is 6.92 Å². The lowest BCUT2D eigenvalue weighted by Gasteiger charge is -2.20. The highest BCUT2D eigenvalue weighted by atomic mass is 16.4. The molecule has 6 nitrogen and oxygen atoms in total. The fraction of sp³-hybridized carbons (Fsp3) is 0.263. The molecule has 0 heterocycles. The highest BCUT2D eigenvalue weighted by Crippen LogP contribution is 2.33. The second-order valence-electron chi connectivity index (χ2n) is 6.00. The number of anilines is 2. The normalized spacial score (nSPS) is 10.8. The van der Waals surface area contributed by atoms with Crippen LogP contribution >= 0.6 is 0 Å². The van der Waals surface area contributed by atoms with Crippen LogP contribution < -0.4 is 11.5 Å². The molecule has 0 aromatic heterocycles. The number of benzene rings is 2. The van der Waals surface area contributed by atoms with Gasteiger partial charge in [-0.1, -0.05) is 31.9 Å². The fourth-order valence-electron chi connectivity index (χ4n) is 2.89. The molecule has 0 spiro atoms. The molecule has 6 heteroatoms. The van der Waals surface area contributed by atoms with Crippen molar-refractivity contribution >= 4 is 23.3 Å². The van der Waals surface area contributed by atoms with E-state index >= 15 is 0 Å². The molecule has 132 valence electrons. The van der Waals surface area contributed by atoms with E-state index in [1.807, 2.05) is 0 Å². The molecule has 0 aliphatic rings. The van der Waals surface area contributed by atoms with Crippen molar-refractivity contribution in [1.82, 2.24) is 0 Å². The molecule has 0 saturated heterocycles. The van der Waals surface area contributed by atoms with E-state index in [1.165, 1.54) is 0 Å². The van der Waals surface area contributed by atoms with Gasteiger partial charge in [0.2, 0.25) is 0 Å². The first-order chi connectivity index (χ1) is 11.8. The van der Waals surface area contributed by atoms with Crippen molar-refractivity contribution in [2.24, 2.45) is 0 Å². The quantitative estimate of drug-likeness (QED) is 0.570. The zero-order valence-corrected chi connectivity index (χ0v) is 14.0. The van der Waals surface area contributed by atoms with Crippen LogP contribution in [0.3, 0.4) is 0 Å². The van der Waals surface area contributed by atoms with Crippen molar-refractivity contribution in [1.29, 1.82) is 0 Å². The van der Waals surface area contributed by atoms with E-state index in [9.17, 15) is 19.8 Å². The Morgan fingerprint density at radius 3 is 1.72 bits per heavy atom. The van der Waals surface area contributed by atoms with E-state index in [-0.39, 0.29) is 28.4 Å². The van der Waals surface area contributed by atoms with E-state index in [1.54, 1.807) is 36.4 Å². The maximum Gasteiger partial charge on any atom is 0.337 e. The van der Waals surface area contributed by atoms with Crippen molar-refractivity contribution in [2.75, 3.05) is 11.5 Å². The van der Waals surface area contributed by atoms with Gasteiger partial charge in [-0.2, -0.15) is 0 Å². The zero-order chi connectivity index (χ0) is 18.6. The van der Waals surface area contributed by atoms with Gasteiger partial charge < -0.3 is 21.7 Å². The lowest BCUT2D eigenvalue weighted by atomic mass is 9.85. The monoisotopic (exact) mass is 342 g/mol. The van der Waals surface area contributed by atoms with Crippen molar-refractivity contribution in [3.8, 4) is 0 Å². The first-order valence-electron chi connectivity index (χ1n) is 8.10.